The minimum atomic E-state index is -4.08. The number of carbonyl (C=O) groups is 2. The summed E-state index contributed by atoms with van der Waals surface area (Å²) in [7, 11) is -4.08. The Bertz CT molecular complexity index is 1280. The van der Waals surface area contributed by atoms with Gasteiger partial charge in [0.25, 0.3) is 15.9 Å². The van der Waals surface area contributed by atoms with Gasteiger partial charge in [0.2, 0.25) is 0 Å². The number of anilines is 1. The molecule has 5 rings (SSSR count). The van der Waals surface area contributed by atoms with E-state index in [1.165, 1.54) is 4.31 Å². The van der Waals surface area contributed by atoms with Crippen LogP contribution in [0.1, 0.15) is 65.6 Å². The molecule has 2 aromatic rings. The van der Waals surface area contributed by atoms with E-state index < -0.39 is 16.1 Å². The van der Waals surface area contributed by atoms with Crippen LogP contribution in [0.2, 0.25) is 0 Å². The van der Waals surface area contributed by atoms with Gasteiger partial charge in [-0.25, -0.2) is 17.5 Å². The van der Waals surface area contributed by atoms with Gasteiger partial charge in [-0.2, -0.15) is 0 Å². The van der Waals surface area contributed by atoms with Crippen molar-refractivity contribution >= 4 is 27.6 Å². The maximum atomic E-state index is 14.3. The maximum Gasteiger partial charge on any atom is 0.334 e. The van der Waals surface area contributed by atoms with Gasteiger partial charge in [-0.1, -0.05) is 18.2 Å². The molecule has 0 aromatic heterocycles. The van der Waals surface area contributed by atoms with Crippen LogP contribution in [0, 0.1) is 6.92 Å². The molecule has 2 heterocycles. The zero-order valence-corrected chi connectivity index (χ0v) is 22.3. The van der Waals surface area contributed by atoms with Gasteiger partial charge in [-0.15, -0.1) is 0 Å². The van der Waals surface area contributed by atoms with E-state index in [-0.39, 0.29) is 16.8 Å². The predicted octanol–water partition coefficient (Wildman–Crippen LogP) is 4.08. The molecule has 2 aliphatic heterocycles. The lowest BCUT2D eigenvalue weighted by molar-refractivity contribution is 0.102. The van der Waals surface area contributed by atoms with Crippen LogP contribution in [-0.4, -0.2) is 61.8 Å². The maximum absolute atomic E-state index is 14.3. The average molecular weight is 525 g/mol. The summed E-state index contributed by atoms with van der Waals surface area (Å²) in [6, 6.07) is 9.95. The Morgan fingerprint density at radius 2 is 1.62 bits per heavy atom. The van der Waals surface area contributed by atoms with Crippen molar-refractivity contribution in [3.05, 3.63) is 58.7 Å². The number of hydrogen-bond donors (Lipinski definition) is 2. The smallest absolute Gasteiger partial charge is 0.324 e. The third kappa shape index (κ3) is 5.11. The van der Waals surface area contributed by atoms with Gasteiger partial charge >= 0.3 is 6.03 Å². The van der Waals surface area contributed by atoms with Gasteiger partial charge in [0.05, 0.1) is 10.9 Å². The number of nitrogens with zero attached hydrogens (tertiary/aromatic N) is 2. The van der Waals surface area contributed by atoms with Gasteiger partial charge < -0.3 is 15.5 Å². The summed E-state index contributed by atoms with van der Waals surface area (Å²) in [5.74, 6) is -0.206. The van der Waals surface area contributed by atoms with Gasteiger partial charge in [-0.3, -0.25) is 4.79 Å². The van der Waals surface area contributed by atoms with E-state index in [9.17, 15) is 18.0 Å². The second-order valence-electron chi connectivity index (χ2n) is 10.3. The fourth-order valence-electron chi connectivity index (χ4n) is 5.86. The highest BCUT2D eigenvalue weighted by molar-refractivity contribution is 7.89. The number of carbonyl (C=O) groups excluding carboxylic acids is 2. The highest BCUT2D eigenvalue weighted by Gasteiger charge is 2.41. The number of benzene rings is 2. The average Bonchev–Trinajstić information content (AvgIpc) is 3.45. The lowest BCUT2D eigenvalue weighted by Crippen LogP contribution is -2.53. The van der Waals surface area contributed by atoms with E-state index in [1.54, 1.807) is 23.1 Å². The highest BCUT2D eigenvalue weighted by atomic mass is 32.2. The van der Waals surface area contributed by atoms with Crippen molar-refractivity contribution in [2.24, 2.45) is 0 Å². The molecule has 0 saturated carbocycles. The van der Waals surface area contributed by atoms with Crippen LogP contribution in [-0.2, 0) is 22.9 Å². The minimum Gasteiger partial charge on any atom is -0.324 e. The standard InChI is InChI=1S/C28H36N4O4S/c1-20-8-2-3-9-22(20)27(33)30-25-12-13-26(24-11-5-4-10-23(24)25)37(35,36)32(21-14-16-29-17-15-21)28(34)31-18-6-7-19-31/h2-3,8-9,12-13,21,29H,4-7,10-11,14-19H2,1H3,(H,30,33). The molecule has 8 nitrogen and oxygen atoms in total. The first-order valence-electron chi connectivity index (χ1n) is 13.4. The second-order valence-corrected chi connectivity index (χ2v) is 12.1. The number of urea groups is 1. The number of piperidine rings is 1. The first-order valence-corrected chi connectivity index (χ1v) is 14.9. The van der Waals surface area contributed by atoms with E-state index >= 15 is 0 Å². The van der Waals surface area contributed by atoms with Crippen LogP contribution in [0.3, 0.4) is 0 Å². The molecule has 0 unspecified atom stereocenters. The molecule has 3 aliphatic rings. The van der Waals surface area contributed by atoms with Crippen LogP contribution in [0.5, 0.6) is 0 Å². The Balaban J connectivity index is 1.52. The van der Waals surface area contributed by atoms with Crippen LogP contribution in [0.15, 0.2) is 41.3 Å². The molecule has 0 atom stereocenters. The molecule has 37 heavy (non-hydrogen) atoms. The van der Waals surface area contributed by atoms with Gasteiger partial charge in [0.1, 0.15) is 0 Å². The van der Waals surface area contributed by atoms with Crippen molar-refractivity contribution in [3.8, 4) is 0 Å². The fraction of sp³-hybridized carbons (Fsp3) is 0.500. The minimum absolute atomic E-state index is 0.206. The van der Waals surface area contributed by atoms with Gasteiger partial charge in [0.15, 0.2) is 0 Å². The van der Waals surface area contributed by atoms with Crippen molar-refractivity contribution in [3.63, 3.8) is 0 Å². The Labute approximate surface area is 219 Å². The molecule has 2 fully saturated rings. The van der Waals surface area contributed by atoms with E-state index in [0.29, 0.717) is 63.1 Å². The number of aryl methyl sites for hydroxylation is 1. The van der Waals surface area contributed by atoms with E-state index in [4.69, 9.17) is 0 Å². The molecule has 2 saturated heterocycles. The number of rotatable bonds is 5. The molecule has 2 aromatic carbocycles. The second kappa shape index (κ2) is 10.8. The number of fused-ring (bicyclic) bond motifs is 1. The Morgan fingerprint density at radius 1 is 0.946 bits per heavy atom. The Morgan fingerprint density at radius 3 is 2.32 bits per heavy atom. The third-order valence-electron chi connectivity index (χ3n) is 7.87. The van der Waals surface area contributed by atoms with Crippen LogP contribution in [0.4, 0.5) is 10.5 Å². The van der Waals surface area contributed by atoms with Crippen molar-refractivity contribution in [2.75, 3.05) is 31.5 Å². The molecule has 3 amide bonds. The number of likely N-dealkylation sites (tertiary alicyclic amines) is 1. The van der Waals surface area contributed by atoms with Gasteiger partial charge in [-0.05, 0) is 106 Å². The zero-order valence-electron chi connectivity index (χ0n) is 21.5. The molecule has 0 radical (unpaired) electrons. The Hall–Kier alpha value is -2.91. The van der Waals surface area contributed by atoms with Gasteiger partial charge in [0, 0.05) is 24.3 Å². The zero-order chi connectivity index (χ0) is 26.0. The van der Waals surface area contributed by atoms with Crippen molar-refractivity contribution in [1.29, 1.82) is 0 Å². The largest absolute Gasteiger partial charge is 0.334 e. The molecule has 9 heteroatoms. The lowest BCUT2D eigenvalue weighted by atomic mass is 9.90. The normalized spacial score (nSPS) is 18.4. The molecule has 0 bridgehead atoms. The molecule has 0 spiro atoms. The Kier molecular flexibility index (Phi) is 7.53. The summed E-state index contributed by atoms with van der Waals surface area (Å²) in [4.78, 5) is 28.6. The molecule has 1 aliphatic carbocycles. The number of amides is 3. The summed E-state index contributed by atoms with van der Waals surface area (Å²) >= 11 is 0. The van der Waals surface area contributed by atoms with Crippen molar-refractivity contribution in [2.45, 2.75) is 69.2 Å². The lowest BCUT2D eigenvalue weighted by Gasteiger charge is -2.37. The SMILES string of the molecule is Cc1ccccc1C(=O)Nc1ccc(S(=O)(=O)N(C(=O)N2CCCC2)C2CCNCC2)c2c1CCCC2. The van der Waals surface area contributed by atoms with Crippen LogP contribution < -0.4 is 10.6 Å². The fourth-order valence-corrected chi connectivity index (χ4v) is 7.77. The first kappa shape index (κ1) is 25.7. The first-order chi connectivity index (χ1) is 17.9. The number of sulfonamides is 1. The monoisotopic (exact) mass is 524 g/mol. The predicted molar refractivity (Wildman–Crippen MR) is 143 cm³/mol. The summed E-state index contributed by atoms with van der Waals surface area (Å²) in [5.41, 5.74) is 3.74. The number of hydrogen-bond acceptors (Lipinski definition) is 5. The van der Waals surface area contributed by atoms with Crippen LogP contribution in [0.25, 0.3) is 0 Å². The molecular weight excluding hydrogens is 488 g/mol. The van der Waals surface area contributed by atoms with E-state index in [2.05, 4.69) is 10.6 Å². The molecule has 198 valence electrons. The quantitative estimate of drug-likeness (QED) is 0.614. The highest BCUT2D eigenvalue weighted by Crippen LogP contribution is 2.36. The van der Waals surface area contributed by atoms with E-state index in [0.717, 1.165) is 42.4 Å². The summed E-state index contributed by atoms with van der Waals surface area (Å²) in [6.07, 6.45) is 6.10. The topological polar surface area (TPSA) is 98.8 Å². The molecular formula is C28H36N4O4S. The summed E-state index contributed by atoms with van der Waals surface area (Å²) in [5, 5.41) is 6.31. The third-order valence-corrected chi connectivity index (χ3v) is 9.78. The number of nitrogens with one attached hydrogen (secondary N) is 2. The van der Waals surface area contributed by atoms with Crippen molar-refractivity contribution in [1.82, 2.24) is 14.5 Å². The summed E-state index contributed by atoms with van der Waals surface area (Å²) < 4.78 is 29.7. The summed E-state index contributed by atoms with van der Waals surface area (Å²) in [6.45, 7) is 4.46. The van der Waals surface area contributed by atoms with E-state index in [1.807, 2.05) is 25.1 Å². The molecule has 2 N–H and O–H groups in total. The van der Waals surface area contributed by atoms with Crippen molar-refractivity contribution < 1.29 is 18.0 Å². The van der Waals surface area contributed by atoms with Crippen LogP contribution >= 0.6 is 0 Å².